The lowest BCUT2D eigenvalue weighted by atomic mass is 10.5. The van der Waals surface area contributed by atoms with E-state index in [1.807, 2.05) is 12.1 Å². The van der Waals surface area contributed by atoms with Crippen LogP contribution < -0.4 is 5.32 Å². The standard InChI is InChI=1S/C8H7BrClN3OS/c9-6-2-1-5(15-6)4-11-8-13-12-7(3-10)14-8/h1-2H,3-4H2,(H,11,13). The molecular formula is C8H7BrClN3OS. The van der Waals surface area contributed by atoms with Gasteiger partial charge in [0.25, 0.3) is 0 Å². The minimum absolute atomic E-state index is 0.235. The molecule has 0 unspecified atom stereocenters. The van der Waals surface area contributed by atoms with Gasteiger partial charge in [0, 0.05) is 4.88 Å². The van der Waals surface area contributed by atoms with Crippen molar-refractivity contribution in [3.63, 3.8) is 0 Å². The van der Waals surface area contributed by atoms with Crippen LogP contribution in [-0.2, 0) is 12.4 Å². The van der Waals surface area contributed by atoms with Gasteiger partial charge in [0.05, 0.1) is 10.3 Å². The number of aromatic nitrogens is 2. The summed E-state index contributed by atoms with van der Waals surface area (Å²) >= 11 is 10.6. The second-order valence-corrected chi connectivity index (χ2v) is 5.51. The van der Waals surface area contributed by atoms with Crippen LogP contribution in [0.4, 0.5) is 6.01 Å². The van der Waals surface area contributed by atoms with Crippen LogP contribution in [0.3, 0.4) is 0 Å². The van der Waals surface area contributed by atoms with Gasteiger partial charge in [-0.25, -0.2) is 0 Å². The second-order valence-electron chi connectivity index (χ2n) is 2.69. The average Bonchev–Trinajstić information content (AvgIpc) is 2.83. The lowest BCUT2D eigenvalue weighted by Gasteiger charge is -1.96. The lowest BCUT2D eigenvalue weighted by molar-refractivity contribution is 0.525. The van der Waals surface area contributed by atoms with E-state index in [0.717, 1.165) is 3.79 Å². The molecule has 0 amide bonds. The van der Waals surface area contributed by atoms with Crippen LogP contribution in [0.2, 0.25) is 0 Å². The topological polar surface area (TPSA) is 51.0 Å². The Morgan fingerprint density at radius 2 is 2.33 bits per heavy atom. The van der Waals surface area contributed by atoms with Crippen LogP contribution in [0.5, 0.6) is 0 Å². The molecule has 2 aromatic heterocycles. The van der Waals surface area contributed by atoms with Crippen LogP contribution in [-0.4, -0.2) is 10.2 Å². The molecule has 0 bridgehead atoms. The van der Waals surface area contributed by atoms with Crippen molar-refractivity contribution < 1.29 is 4.42 Å². The van der Waals surface area contributed by atoms with E-state index in [1.165, 1.54) is 4.88 Å². The van der Waals surface area contributed by atoms with Gasteiger partial charge in [-0.2, -0.15) is 0 Å². The summed E-state index contributed by atoms with van der Waals surface area (Å²) in [6, 6.07) is 4.43. The van der Waals surface area contributed by atoms with Crippen LogP contribution in [0, 0.1) is 0 Å². The summed E-state index contributed by atoms with van der Waals surface area (Å²) in [4.78, 5) is 1.19. The summed E-state index contributed by atoms with van der Waals surface area (Å²) in [6.07, 6.45) is 0. The van der Waals surface area contributed by atoms with Gasteiger partial charge in [0.15, 0.2) is 0 Å². The van der Waals surface area contributed by atoms with Gasteiger partial charge in [0.1, 0.15) is 5.88 Å². The number of alkyl halides is 1. The van der Waals surface area contributed by atoms with E-state index < -0.39 is 0 Å². The summed E-state index contributed by atoms with van der Waals surface area (Å²) in [7, 11) is 0. The van der Waals surface area contributed by atoms with Crippen LogP contribution in [0.25, 0.3) is 0 Å². The quantitative estimate of drug-likeness (QED) is 0.881. The van der Waals surface area contributed by atoms with Gasteiger partial charge in [-0.3, -0.25) is 0 Å². The second kappa shape index (κ2) is 4.96. The zero-order valence-electron chi connectivity index (χ0n) is 7.54. The zero-order valence-corrected chi connectivity index (χ0v) is 10.7. The van der Waals surface area contributed by atoms with Crippen LogP contribution in [0.1, 0.15) is 10.8 Å². The third-order valence-electron chi connectivity index (χ3n) is 1.62. The summed E-state index contributed by atoms with van der Waals surface area (Å²) in [5.41, 5.74) is 0. The highest BCUT2D eigenvalue weighted by molar-refractivity contribution is 9.11. The fraction of sp³-hybridized carbons (Fsp3) is 0.250. The molecule has 0 fully saturated rings. The van der Waals surface area contributed by atoms with E-state index in [4.69, 9.17) is 16.0 Å². The van der Waals surface area contributed by atoms with Crippen molar-refractivity contribution in [2.45, 2.75) is 12.4 Å². The molecule has 0 spiro atoms. The van der Waals surface area contributed by atoms with Crippen molar-refractivity contribution in [3.8, 4) is 0 Å². The highest BCUT2D eigenvalue weighted by Crippen LogP contribution is 2.22. The Labute approximate surface area is 104 Å². The average molecular weight is 309 g/mol. The first-order chi connectivity index (χ1) is 7.28. The number of rotatable bonds is 4. The molecule has 0 atom stereocenters. The molecule has 2 aromatic rings. The van der Waals surface area contributed by atoms with Gasteiger partial charge in [-0.1, -0.05) is 5.10 Å². The Bertz CT molecular complexity index is 445. The molecule has 0 aliphatic rings. The predicted molar refractivity (Wildman–Crippen MR) is 63.2 cm³/mol. The molecule has 0 aliphatic carbocycles. The third kappa shape index (κ3) is 2.93. The molecule has 0 saturated heterocycles. The zero-order chi connectivity index (χ0) is 10.7. The Morgan fingerprint density at radius 1 is 1.47 bits per heavy atom. The molecule has 0 aromatic carbocycles. The minimum atomic E-state index is 0.235. The monoisotopic (exact) mass is 307 g/mol. The number of halogens is 2. The Hall–Kier alpha value is -0.590. The van der Waals surface area contributed by atoms with Gasteiger partial charge in [-0.15, -0.1) is 28.0 Å². The number of hydrogen-bond acceptors (Lipinski definition) is 5. The molecular weight excluding hydrogens is 302 g/mol. The predicted octanol–water partition coefficient (Wildman–Crippen LogP) is 3.24. The van der Waals surface area contributed by atoms with Gasteiger partial charge < -0.3 is 9.73 Å². The lowest BCUT2D eigenvalue weighted by Crippen LogP contribution is -1.97. The summed E-state index contributed by atoms with van der Waals surface area (Å²) in [5, 5.41) is 10.5. The molecule has 4 nitrogen and oxygen atoms in total. The summed E-state index contributed by atoms with van der Waals surface area (Å²) in [5.74, 6) is 0.658. The first-order valence-corrected chi connectivity index (χ1v) is 6.29. The van der Waals surface area contributed by atoms with E-state index in [-0.39, 0.29) is 5.88 Å². The molecule has 15 heavy (non-hydrogen) atoms. The Morgan fingerprint density at radius 3 is 2.93 bits per heavy atom. The first kappa shape index (κ1) is 10.9. The van der Waals surface area contributed by atoms with Crippen molar-refractivity contribution in [1.29, 1.82) is 0 Å². The smallest absolute Gasteiger partial charge is 0.315 e. The van der Waals surface area contributed by atoms with E-state index >= 15 is 0 Å². The van der Waals surface area contributed by atoms with Crippen LogP contribution >= 0.6 is 38.9 Å². The van der Waals surface area contributed by atoms with E-state index in [9.17, 15) is 0 Å². The molecule has 0 aliphatic heterocycles. The number of thiophene rings is 1. The molecule has 80 valence electrons. The maximum absolute atomic E-state index is 5.53. The van der Waals surface area contributed by atoms with Gasteiger partial charge in [-0.05, 0) is 28.1 Å². The number of anilines is 1. The minimum Gasteiger partial charge on any atom is -0.407 e. The van der Waals surface area contributed by atoms with E-state index in [0.29, 0.717) is 18.5 Å². The van der Waals surface area contributed by atoms with Crippen molar-refractivity contribution >= 4 is 44.9 Å². The van der Waals surface area contributed by atoms with Crippen molar-refractivity contribution in [2.24, 2.45) is 0 Å². The van der Waals surface area contributed by atoms with Crippen molar-refractivity contribution in [1.82, 2.24) is 10.2 Å². The molecule has 0 radical (unpaired) electrons. The van der Waals surface area contributed by atoms with Gasteiger partial charge in [0.2, 0.25) is 5.89 Å². The third-order valence-corrected chi connectivity index (χ3v) is 3.48. The summed E-state index contributed by atoms with van der Waals surface area (Å²) < 4.78 is 6.29. The molecule has 7 heteroatoms. The molecule has 2 rings (SSSR count). The maximum atomic E-state index is 5.53. The molecule has 1 N–H and O–H groups in total. The van der Waals surface area contributed by atoms with E-state index in [2.05, 4.69) is 31.4 Å². The number of nitrogens with one attached hydrogen (secondary N) is 1. The van der Waals surface area contributed by atoms with Crippen molar-refractivity contribution in [3.05, 3.63) is 26.7 Å². The van der Waals surface area contributed by atoms with Gasteiger partial charge >= 0.3 is 6.01 Å². The van der Waals surface area contributed by atoms with Crippen LogP contribution in [0.15, 0.2) is 20.3 Å². The number of hydrogen-bond donors (Lipinski definition) is 1. The molecule has 0 saturated carbocycles. The number of nitrogens with zero attached hydrogens (tertiary/aromatic N) is 2. The Balaban J connectivity index is 1.93. The molecule has 2 heterocycles. The van der Waals surface area contributed by atoms with E-state index in [1.54, 1.807) is 11.3 Å². The SMILES string of the molecule is ClCc1nnc(NCc2ccc(Br)s2)o1. The fourth-order valence-electron chi connectivity index (χ4n) is 0.989. The fourth-order valence-corrected chi connectivity index (χ4v) is 2.52. The Kier molecular flexibility index (Phi) is 3.61. The maximum Gasteiger partial charge on any atom is 0.315 e. The summed E-state index contributed by atoms with van der Waals surface area (Å²) in [6.45, 7) is 0.667. The normalized spacial score (nSPS) is 10.5. The highest BCUT2D eigenvalue weighted by atomic mass is 79.9. The first-order valence-electron chi connectivity index (χ1n) is 4.14. The highest BCUT2D eigenvalue weighted by Gasteiger charge is 2.04. The van der Waals surface area contributed by atoms with Crippen molar-refractivity contribution in [2.75, 3.05) is 5.32 Å². The largest absolute Gasteiger partial charge is 0.407 e.